The van der Waals surface area contributed by atoms with Crippen LogP contribution in [0, 0.1) is 5.92 Å². The Morgan fingerprint density at radius 1 is 1.32 bits per heavy atom. The Morgan fingerprint density at radius 3 is 2.58 bits per heavy atom. The van der Waals surface area contributed by atoms with Gasteiger partial charge in [-0.25, -0.2) is 8.78 Å². The third-order valence-electron chi connectivity index (χ3n) is 4.00. The predicted molar refractivity (Wildman–Crippen MR) is 73.4 cm³/mol. The zero-order valence-electron chi connectivity index (χ0n) is 11.6. The number of nitrogens with one attached hydrogen (secondary N) is 1. The fourth-order valence-corrected chi connectivity index (χ4v) is 3.10. The number of hydrogen-bond acceptors (Lipinski definition) is 2. The topological polar surface area (TPSA) is 15.3 Å². The first kappa shape index (κ1) is 14.4. The lowest BCUT2D eigenvalue weighted by atomic mass is 9.84. The Bertz CT molecular complexity index is 390. The SMILES string of the molecule is CNCC1CCCN(C)C1c1ccc(C(F)F)cc1. The van der Waals surface area contributed by atoms with E-state index in [1.165, 1.54) is 12.8 Å². The van der Waals surface area contributed by atoms with Crippen LogP contribution in [-0.2, 0) is 0 Å². The van der Waals surface area contributed by atoms with Crippen LogP contribution in [0.15, 0.2) is 24.3 Å². The van der Waals surface area contributed by atoms with Crippen molar-refractivity contribution in [3.8, 4) is 0 Å². The molecule has 2 atom stereocenters. The quantitative estimate of drug-likeness (QED) is 0.902. The van der Waals surface area contributed by atoms with Gasteiger partial charge in [-0.1, -0.05) is 24.3 Å². The van der Waals surface area contributed by atoms with Crippen LogP contribution in [-0.4, -0.2) is 32.1 Å². The first-order chi connectivity index (χ1) is 9.13. The number of alkyl halides is 2. The number of likely N-dealkylation sites (tertiary alicyclic amines) is 1. The molecule has 4 heteroatoms. The molecule has 0 aliphatic carbocycles. The summed E-state index contributed by atoms with van der Waals surface area (Å²) in [7, 11) is 4.08. The molecule has 1 heterocycles. The number of nitrogens with zero attached hydrogens (tertiary/aromatic N) is 1. The highest BCUT2D eigenvalue weighted by molar-refractivity contribution is 5.26. The van der Waals surface area contributed by atoms with Crippen LogP contribution in [0.25, 0.3) is 0 Å². The van der Waals surface area contributed by atoms with Gasteiger partial charge in [0.25, 0.3) is 6.43 Å². The van der Waals surface area contributed by atoms with Gasteiger partial charge in [0.15, 0.2) is 0 Å². The van der Waals surface area contributed by atoms with Crippen molar-refractivity contribution in [1.29, 1.82) is 0 Å². The van der Waals surface area contributed by atoms with E-state index in [2.05, 4.69) is 17.3 Å². The second kappa shape index (κ2) is 6.44. The molecule has 106 valence electrons. The van der Waals surface area contributed by atoms with Gasteiger partial charge < -0.3 is 5.32 Å². The number of halogens is 2. The fraction of sp³-hybridized carbons (Fsp3) is 0.600. The summed E-state index contributed by atoms with van der Waals surface area (Å²) in [6.45, 7) is 2.03. The van der Waals surface area contributed by atoms with E-state index in [9.17, 15) is 8.78 Å². The van der Waals surface area contributed by atoms with Crippen molar-refractivity contribution in [2.24, 2.45) is 5.92 Å². The summed E-state index contributed by atoms with van der Waals surface area (Å²) in [6.07, 6.45) is 0.00668. The van der Waals surface area contributed by atoms with Crippen LogP contribution in [0.3, 0.4) is 0 Å². The Balaban J connectivity index is 2.20. The number of rotatable bonds is 4. The van der Waals surface area contributed by atoms with Crippen LogP contribution >= 0.6 is 0 Å². The molecule has 0 aromatic heterocycles. The smallest absolute Gasteiger partial charge is 0.263 e. The van der Waals surface area contributed by atoms with Crippen molar-refractivity contribution in [1.82, 2.24) is 10.2 Å². The maximum Gasteiger partial charge on any atom is 0.263 e. The van der Waals surface area contributed by atoms with Crippen LogP contribution in [0.5, 0.6) is 0 Å². The highest BCUT2D eigenvalue weighted by Gasteiger charge is 2.29. The van der Waals surface area contributed by atoms with E-state index in [0.717, 1.165) is 18.7 Å². The van der Waals surface area contributed by atoms with E-state index in [0.29, 0.717) is 12.0 Å². The lowest BCUT2D eigenvalue weighted by molar-refractivity contribution is 0.120. The van der Waals surface area contributed by atoms with Crippen molar-refractivity contribution >= 4 is 0 Å². The van der Waals surface area contributed by atoms with Crippen LogP contribution in [0.4, 0.5) is 8.78 Å². The van der Waals surface area contributed by atoms with Crippen LogP contribution in [0.2, 0.25) is 0 Å². The highest BCUT2D eigenvalue weighted by Crippen LogP contribution is 2.35. The van der Waals surface area contributed by atoms with E-state index >= 15 is 0 Å². The van der Waals surface area contributed by atoms with E-state index < -0.39 is 6.43 Å². The standard InChI is InChI=1S/C15H22F2N2/c1-18-10-13-4-3-9-19(2)14(13)11-5-7-12(8-6-11)15(16)17/h5-8,13-15,18H,3-4,9-10H2,1-2H3. The van der Waals surface area contributed by atoms with Crippen molar-refractivity contribution < 1.29 is 8.78 Å². The Hall–Kier alpha value is -1.00. The van der Waals surface area contributed by atoms with Crippen molar-refractivity contribution in [3.63, 3.8) is 0 Å². The van der Waals surface area contributed by atoms with E-state index in [1.54, 1.807) is 12.1 Å². The molecule has 1 aliphatic heterocycles. The summed E-state index contributed by atoms with van der Waals surface area (Å²) in [5.41, 5.74) is 1.25. The summed E-state index contributed by atoms with van der Waals surface area (Å²) in [5.74, 6) is 0.543. The number of benzene rings is 1. The lowest BCUT2D eigenvalue weighted by Gasteiger charge is -2.39. The second-order valence-electron chi connectivity index (χ2n) is 5.35. The van der Waals surface area contributed by atoms with Gasteiger partial charge in [-0.3, -0.25) is 4.90 Å². The number of hydrogen-bond donors (Lipinski definition) is 1. The summed E-state index contributed by atoms with van der Waals surface area (Å²) in [5, 5.41) is 3.24. The van der Waals surface area contributed by atoms with E-state index in [1.807, 2.05) is 19.2 Å². The average molecular weight is 268 g/mol. The molecule has 1 aromatic carbocycles. The maximum absolute atomic E-state index is 12.6. The molecule has 0 amide bonds. The molecule has 19 heavy (non-hydrogen) atoms. The van der Waals surface area contributed by atoms with E-state index in [4.69, 9.17) is 0 Å². The van der Waals surface area contributed by atoms with Gasteiger partial charge in [-0.05, 0) is 51.5 Å². The average Bonchev–Trinajstić information content (AvgIpc) is 2.39. The zero-order valence-corrected chi connectivity index (χ0v) is 11.6. The van der Waals surface area contributed by atoms with Crippen molar-refractivity contribution in [3.05, 3.63) is 35.4 Å². The molecule has 0 radical (unpaired) electrons. The monoisotopic (exact) mass is 268 g/mol. The predicted octanol–water partition coefficient (Wildman–Crippen LogP) is 3.23. The molecular weight excluding hydrogens is 246 g/mol. The van der Waals surface area contributed by atoms with Gasteiger partial charge in [-0.15, -0.1) is 0 Å². The minimum atomic E-state index is -2.38. The summed E-state index contributed by atoms with van der Waals surface area (Å²) < 4.78 is 25.2. The van der Waals surface area contributed by atoms with Gasteiger partial charge in [0, 0.05) is 11.6 Å². The maximum atomic E-state index is 12.6. The first-order valence-electron chi connectivity index (χ1n) is 6.86. The number of piperidine rings is 1. The molecular formula is C15H22F2N2. The van der Waals surface area contributed by atoms with Gasteiger partial charge in [0.1, 0.15) is 0 Å². The second-order valence-corrected chi connectivity index (χ2v) is 5.35. The molecule has 0 saturated carbocycles. The largest absolute Gasteiger partial charge is 0.319 e. The Morgan fingerprint density at radius 2 is 2.00 bits per heavy atom. The van der Waals surface area contributed by atoms with Crippen molar-refractivity contribution in [2.75, 3.05) is 27.2 Å². The van der Waals surface area contributed by atoms with Gasteiger partial charge in [-0.2, -0.15) is 0 Å². The molecule has 1 N–H and O–H groups in total. The molecule has 2 unspecified atom stereocenters. The Kier molecular flexibility index (Phi) is 4.88. The summed E-state index contributed by atoms with van der Waals surface area (Å²) in [6, 6.07) is 7.15. The van der Waals surface area contributed by atoms with E-state index in [-0.39, 0.29) is 5.56 Å². The molecule has 1 aromatic rings. The normalized spacial score (nSPS) is 24.9. The molecule has 1 saturated heterocycles. The molecule has 2 nitrogen and oxygen atoms in total. The minimum Gasteiger partial charge on any atom is -0.319 e. The lowest BCUT2D eigenvalue weighted by Crippen LogP contribution is -2.39. The summed E-state index contributed by atoms with van der Waals surface area (Å²) >= 11 is 0. The molecule has 1 fully saturated rings. The van der Waals surface area contributed by atoms with Gasteiger partial charge in [0.05, 0.1) is 0 Å². The summed E-state index contributed by atoms with van der Waals surface area (Å²) in [4.78, 5) is 2.34. The third-order valence-corrected chi connectivity index (χ3v) is 4.00. The van der Waals surface area contributed by atoms with Gasteiger partial charge in [0.2, 0.25) is 0 Å². The van der Waals surface area contributed by atoms with Crippen LogP contribution in [0.1, 0.15) is 36.4 Å². The van der Waals surface area contributed by atoms with Gasteiger partial charge >= 0.3 is 0 Å². The zero-order chi connectivity index (χ0) is 13.8. The molecule has 2 rings (SSSR count). The highest BCUT2D eigenvalue weighted by atomic mass is 19.3. The van der Waals surface area contributed by atoms with Crippen molar-refractivity contribution in [2.45, 2.75) is 25.3 Å². The molecule has 0 bridgehead atoms. The fourth-order valence-electron chi connectivity index (χ4n) is 3.10. The molecule has 1 aliphatic rings. The Labute approximate surface area is 113 Å². The minimum absolute atomic E-state index is 0.104. The molecule has 0 spiro atoms. The first-order valence-corrected chi connectivity index (χ1v) is 6.86. The van der Waals surface area contributed by atoms with Crippen LogP contribution < -0.4 is 5.32 Å². The third kappa shape index (κ3) is 3.31.